The Morgan fingerprint density at radius 1 is 1.33 bits per heavy atom. The van der Waals surface area contributed by atoms with E-state index >= 15 is 0 Å². The third kappa shape index (κ3) is 2.19. The zero-order valence-electron chi connectivity index (χ0n) is 8.00. The summed E-state index contributed by atoms with van der Waals surface area (Å²) in [5, 5.41) is 3.84. The average Bonchev–Trinajstić information content (AvgIpc) is 2.68. The summed E-state index contributed by atoms with van der Waals surface area (Å²) in [6.07, 6.45) is 7.44. The maximum Gasteiger partial charge on any atom is 0.339 e. The Morgan fingerprint density at radius 3 is 2.67 bits per heavy atom. The highest BCUT2D eigenvalue weighted by atomic mass is 16.2. The number of pyridine rings is 1. The van der Waals surface area contributed by atoms with Gasteiger partial charge in [0.15, 0.2) is 0 Å². The van der Waals surface area contributed by atoms with Gasteiger partial charge in [-0.1, -0.05) is 0 Å². The van der Waals surface area contributed by atoms with Gasteiger partial charge in [0, 0.05) is 25.0 Å². The van der Waals surface area contributed by atoms with E-state index in [2.05, 4.69) is 10.1 Å². The zero-order chi connectivity index (χ0) is 10.7. The summed E-state index contributed by atoms with van der Waals surface area (Å²) in [4.78, 5) is 14.7. The molecule has 0 spiro atoms. The van der Waals surface area contributed by atoms with Crippen molar-refractivity contribution in [3.63, 3.8) is 0 Å². The SMILES string of the molecule is NC(=O)n1cc(Cc2ccncc2)cn1. The summed E-state index contributed by atoms with van der Waals surface area (Å²) >= 11 is 0. The second-order valence-electron chi connectivity index (χ2n) is 3.16. The summed E-state index contributed by atoms with van der Waals surface area (Å²) in [5.74, 6) is 0. The molecule has 0 atom stereocenters. The average molecular weight is 202 g/mol. The van der Waals surface area contributed by atoms with Crippen molar-refractivity contribution < 1.29 is 4.79 Å². The van der Waals surface area contributed by atoms with E-state index in [9.17, 15) is 4.79 Å². The minimum atomic E-state index is -0.573. The molecule has 0 radical (unpaired) electrons. The number of carbonyl (C=O) groups is 1. The Balaban J connectivity index is 2.15. The second kappa shape index (κ2) is 3.91. The van der Waals surface area contributed by atoms with E-state index in [1.54, 1.807) is 24.8 Å². The van der Waals surface area contributed by atoms with E-state index in [4.69, 9.17) is 5.73 Å². The maximum atomic E-state index is 10.8. The molecule has 2 N–H and O–H groups in total. The van der Waals surface area contributed by atoms with Crippen molar-refractivity contribution in [2.75, 3.05) is 0 Å². The number of nitrogens with two attached hydrogens (primary N) is 1. The number of amides is 1. The van der Waals surface area contributed by atoms with Gasteiger partial charge in [0.05, 0.1) is 6.20 Å². The van der Waals surface area contributed by atoms with Gasteiger partial charge in [0.1, 0.15) is 0 Å². The van der Waals surface area contributed by atoms with Gasteiger partial charge in [-0.05, 0) is 23.3 Å². The van der Waals surface area contributed by atoms with Gasteiger partial charge < -0.3 is 5.73 Å². The monoisotopic (exact) mass is 202 g/mol. The molecule has 76 valence electrons. The van der Waals surface area contributed by atoms with Crippen LogP contribution in [0.4, 0.5) is 4.79 Å². The van der Waals surface area contributed by atoms with Crippen molar-refractivity contribution >= 4 is 6.03 Å². The standard InChI is InChI=1S/C10H10N4O/c11-10(15)14-7-9(6-13-14)5-8-1-3-12-4-2-8/h1-4,6-7H,5H2,(H2,11,15). The molecule has 2 aromatic heterocycles. The first kappa shape index (κ1) is 9.39. The number of primary amides is 1. The van der Waals surface area contributed by atoms with Gasteiger partial charge in [0.2, 0.25) is 0 Å². The van der Waals surface area contributed by atoms with Crippen LogP contribution < -0.4 is 5.73 Å². The molecule has 0 aliphatic heterocycles. The quantitative estimate of drug-likeness (QED) is 0.782. The summed E-state index contributed by atoms with van der Waals surface area (Å²) < 4.78 is 1.12. The Bertz CT molecular complexity index is 463. The lowest BCUT2D eigenvalue weighted by atomic mass is 10.1. The number of carbonyl (C=O) groups excluding carboxylic acids is 1. The highest BCUT2D eigenvalue weighted by Gasteiger charge is 2.02. The number of rotatable bonds is 2. The molecule has 0 saturated carbocycles. The first-order chi connectivity index (χ1) is 7.25. The van der Waals surface area contributed by atoms with Gasteiger partial charge in [-0.3, -0.25) is 4.98 Å². The van der Waals surface area contributed by atoms with Crippen LogP contribution in [0.25, 0.3) is 0 Å². The molecule has 1 amide bonds. The normalized spacial score (nSPS) is 10.1. The first-order valence-corrected chi connectivity index (χ1v) is 4.48. The lowest BCUT2D eigenvalue weighted by molar-refractivity contribution is 0.247. The number of aromatic nitrogens is 3. The molecule has 0 unspecified atom stereocenters. The van der Waals surface area contributed by atoms with E-state index < -0.39 is 6.03 Å². The Hall–Kier alpha value is -2.17. The molecule has 5 heteroatoms. The number of hydrogen-bond acceptors (Lipinski definition) is 3. The molecule has 2 aromatic rings. The van der Waals surface area contributed by atoms with E-state index in [-0.39, 0.29) is 0 Å². The summed E-state index contributed by atoms with van der Waals surface area (Å²) in [6, 6.07) is 3.26. The topological polar surface area (TPSA) is 73.8 Å². The summed E-state index contributed by atoms with van der Waals surface area (Å²) in [5.41, 5.74) is 7.14. The van der Waals surface area contributed by atoms with E-state index in [0.717, 1.165) is 22.2 Å². The fourth-order valence-electron chi connectivity index (χ4n) is 1.31. The van der Waals surface area contributed by atoms with E-state index in [1.807, 2.05) is 12.1 Å². The van der Waals surface area contributed by atoms with Crippen LogP contribution in [0.2, 0.25) is 0 Å². The molecule has 2 rings (SSSR count). The minimum Gasteiger partial charge on any atom is -0.350 e. The Kier molecular flexibility index (Phi) is 2.45. The van der Waals surface area contributed by atoms with Crippen LogP contribution in [0, 0.1) is 0 Å². The molecule has 0 saturated heterocycles. The van der Waals surface area contributed by atoms with Crippen molar-refractivity contribution in [2.45, 2.75) is 6.42 Å². The van der Waals surface area contributed by atoms with Crippen molar-refractivity contribution in [3.8, 4) is 0 Å². The molecular weight excluding hydrogens is 192 g/mol. The molecule has 0 bridgehead atoms. The van der Waals surface area contributed by atoms with Gasteiger partial charge >= 0.3 is 6.03 Å². The molecule has 0 aliphatic carbocycles. The van der Waals surface area contributed by atoms with Crippen molar-refractivity contribution in [2.24, 2.45) is 5.73 Å². The minimum absolute atomic E-state index is 0.573. The van der Waals surface area contributed by atoms with E-state index in [0.29, 0.717) is 0 Å². The van der Waals surface area contributed by atoms with Crippen LogP contribution >= 0.6 is 0 Å². The predicted octanol–water partition coefficient (Wildman–Crippen LogP) is 0.796. The van der Waals surface area contributed by atoms with Crippen LogP contribution in [-0.4, -0.2) is 20.8 Å². The third-order valence-electron chi connectivity index (χ3n) is 2.02. The fraction of sp³-hybridized carbons (Fsp3) is 0.100. The number of nitrogens with zero attached hydrogens (tertiary/aromatic N) is 3. The first-order valence-electron chi connectivity index (χ1n) is 4.48. The predicted molar refractivity (Wildman–Crippen MR) is 54.3 cm³/mol. The molecule has 2 heterocycles. The highest BCUT2D eigenvalue weighted by molar-refractivity contribution is 5.73. The van der Waals surface area contributed by atoms with E-state index in [1.165, 1.54) is 0 Å². The largest absolute Gasteiger partial charge is 0.350 e. The van der Waals surface area contributed by atoms with Crippen molar-refractivity contribution in [1.29, 1.82) is 0 Å². The summed E-state index contributed by atoms with van der Waals surface area (Å²) in [6.45, 7) is 0. The zero-order valence-corrected chi connectivity index (χ0v) is 8.00. The van der Waals surface area contributed by atoms with Crippen LogP contribution in [0.3, 0.4) is 0 Å². The van der Waals surface area contributed by atoms with Gasteiger partial charge in [-0.2, -0.15) is 9.78 Å². The van der Waals surface area contributed by atoms with Crippen molar-refractivity contribution in [1.82, 2.24) is 14.8 Å². The molecule has 0 aliphatic rings. The summed E-state index contributed by atoms with van der Waals surface area (Å²) in [7, 11) is 0. The molecule has 15 heavy (non-hydrogen) atoms. The third-order valence-corrected chi connectivity index (χ3v) is 2.02. The van der Waals surface area contributed by atoms with Gasteiger partial charge in [-0.15, -0.1) is 0 Å². The number of hydrogen-bond donors (Lipinski definition) is 1. The van der Waals surface area contributed by atoms with Gasteiger partial charge in [0.25, 0.3) is 0 Å². The van der Waals surface area contributed by atoms with Crippen LogP contribution in [0.5, 0.6) is 0 Å². The van der Waals surface area contributed by atoms with Crippen LogP contribution in [-0.2, 0) is 6.42 Å². The lowest BCUT2D eigenvalue weighted by Gasteiger charge is -1.96. The van der Waals surface area contributed by atoms with Crippen molar-refractivity contribution in [3.05, 3.63) is 48.0 Å². The molecule has 5 nitrogen and oxygen atoms in total. The lowest BCUT2D eigenvalue weighted by Crippen LogP contribution is -2.19. The smallest absolute Gasteiger partial charge is 0.339 e. The van der Waals surface area contributed by atoms with Crippen LogP contribution in [0.15, 0.2) is 36.9 Å². The Morgan fingerprint density at radius 2 is 2.07 bits per heavy atom. The Labute approximate surface area is 86.5 Å². The van der Waals surface area contributed by atoms with Crippen LogP contribution in [0.1, 0.15) is 11.1 Å². The molecule has 0 fully saturated rings. The molecular formula is C10H10N4O. The maximum absolute atomic E-state index is 10.8. The highest BCUT2D eigenvalue weighted by Crippen LogP contribution is 2.06. The van der Waals surface area contributed by atoms with Gasteiger partial charge in [-0.25, -0.2) is 4.79 Å². The second-order valence-corrected chi connectivity index (χ2v) is 3.16. The molecule has 0 aromatic carbocycles. The fourth-order valence-corrected chi connectivity index (χ4v) is 1.31.